The molecule has 276 valence electrons. The van der Waals surface area contributed by atoms with E-state index in [0.717, 1.165) is 31.3 Å². The largest absolute Gasteiger partial charge is 0.492 e. The van der Waals surface area contributed by atoms with Crippen LogP contribution in [0.15, 0.2) is 48.1 Å². The molecule has 0 saturated carbocycles. The lowest BCUT2D eigenvalue weighted by Crippen LogP contribution is -2.50. The Morgan fingerprint density at radius 1 is 1.10 bits per heavy atom. The van der Waals surface area contributed by atoms with Crippen molar-refractivity contribution in [3.05, 3.63) is 48.1 Å². The van der Waals surface area contributed by atoms with Gasteiger partial charge in [-0.3, -0.25) is 4.79 Å². The summed E-state index contributed by atoms with van der Waals surface area (Å²) in [6.45, 7) is 9.48. The number of aliphatic hydroxyl groups excluding tert-OH is 1. The van der Waals surface area contributed by atoms with Crippen LogP contribution >= 0.6 is 0 Å². The number of rotatable bonds is 11. The number of hydrogen-bond acceptors (Lipinski definition) is 11. The van der Waals surface area contributed by atoms with E-state index in [1.54, 1.807) is 24.0 Å². The van der Waals surface area contributed by atoms with Crippen molar-refractivity contribution in [1.82, 2.24) is 14.9 Å². The number of piperidine rings is 1. The molecule has 4 aliphatic rings. The van der Waals surface area contributed by atoms with Crippen LogP contribution in [0.5, 0.6) is 11.8 Å². The fourth-order valence-electron chi connectivity index (χ4n) is 6.76. The van der Waals surface area contributed by atoms with Crippen molar-refractivity contribution in [3.63, 3.8) is 0 Å². The molecule has 9 atom stereocenters. The van der Waals surface area contributed by atoms with Gasteiger partial charge in [0.05, 0.1) is 37.4 Å². The normalized spacial score (nSPS) is 32.3. The van der Waals surface area contributed by atoms with Crippen LogP contribution in [0.25, 0.3) is 0 Å². The molecular weight excluding hydrogens is 650 g/mol. The van der Waals surface area contributed by atoms with E-state index in [9.17, 15) is 29.7 Å². The molecule has 0 bridgehead atoms. The highest BCUT2D eigenvalue weighted by Gasteiger charge is 2.58. The van der Waals surface area contributed by atoms with Gasteiger partial charge in [0.1, 0.15) is 23.9 Å². The first-order valence-corrected chi connectivity index (χ1v) is 17.6. The molecule has 1 spiro atoms. The number of epoxide rings is 1. The van der Waals surface area contributed by atoms with Crippen molar-refractivity contribution in [3.8, 4) is 11.8 Å². The van der Waals surface area contributed by atoms with E-state index in [1.165, 1.54) is 18.2 Å². The average molecular weight is 702 g/mol. The summed E-state index contributed by atoms with van der Waals surface area (Å²) in [7, 11) is 0. The Bertz CT molecular complexity index is 1420. The van der Waals surface area contributed by atoms with E-state index in [0.29, 0.717) is 37.3 Å². The van der Waals surface area contributed by atoms with Gasteiger partial charge in [-0.15, -0.1) is 4.73 Å². The van der Waals surface area contributed by atoms with Crippen molar-refractivity contribution < 1.29 is 53.5 Å². The number of ether oxygens (including phenoxy) is 4. The smallest absolute Gasteiger partial charge is 0.410 e. The Morgan fingerprint density at radius 2 is 1.80 bits per heavy atom. The highest BCUT2D eigenvalue weighted by atomic mass is 16.7. The van der Waals surface area contributed by atoms with Gasteiger partial charge in [-0.25, -0.2) is 9.59 Å². The maximum Gasteiger partial charge on any atom is 0.410 e. The lowest BCUT2D eigenvalue weighted by Gasteiger charge is -2.39. The number of hydrogen-bond donors (Lipinski definition) is 4. The van der Waals surface area contributed by atoms with Gasteiger partial charge in [0.2, 0.25) is 17.7 Å². The summed E-state index contributed by atoms with van der Waals surface area (Å²) in [5.41, 5.74) is 0.139. The van der Waals surface area contributed by atoms with Gasteiger partial charge < -0.3 is 49.3 Å². The maximum atomic E-state index is 12.7. The molecule has 1 aromatic heterocycles. The Hall–Kier alpha value is -3.85. The molecule has 0 radical (unpaired) electrons. The van der Waals surface area contributed by atoms with Crippen molar-refractivity contribution in [2.75, 3.05) is 19.7 Å². The highest BCUT2D eigenvalue weighted by Crippen LogP contribution is 2.43. The second kappa shape index (κ2) is 16.4. The Kier molecular flexibility index (Phi) is 12.3. The monoisotopic (exact) mass is 701 g/mol. The number of aromatic nitrogens is 1. The number of amides is 2. The minimum Gasteiger partial charge on any atom is -0.492 e. The predicted molar refractivity (Wildman–Crippen MR) is 180 cm³/mol. The molecule has 9 unspecified atom stereocenters. The van der Waals surface area contributed by atoms with Crippen LogP contribution in [-0.4, -0.2) is 111 Å². The molecule has 14 nitrogen and oxygen atoms in total. The van der Waals surface area contributed by atoms with E-state index in [-0.39, 0.29) is 42.6 Å². The van der Waals surface area contributed by atoms with E-state index < -0.39 is 47.7 Å². The second-order valence-corrected chi connectivity index (χ2v) is 14.0. The Morgan fingerprint density at radius 3 is 2.48 bits per heavy atom. The quantitative estimate of drug-likeness (QED) is 0.151. The standard InChI is InChI=1S/C36H51N3O11/c1-22(9-12-29-34(44)36(21-46-36)20-26(49-29)19-33(43)50-39-31(41)14-15-32(39)42)8-11-28-23(2)18-27(25(4)48-28)37-30(40)13-10-24(3)47-35(45)38-16-6-5-7-17-38/h8-10,12-15,23-29,34,41-42,44H,5-7,11,16-21H2,1-4H3,(H,37,40). The highest BCUT2D eigenvalue weighted by molar-refractivity contribution is 5.87. The summed E-state index contributed by atoms with van der Waals surface area (Å²) in [6.07, 6.45) is 9.89. The summed E-state index contributed by atoms with van der Waals surface area (Å²) < 4.78 is 24.1. The molecule has 5 heterocycles. The molecule has 4 aliphatic heterocycles. The second-order valence-electron chi connectivity index (χ2n) is 14.0. The fraction of sp³-hybridized carbons (Fsp3) is 0.639. The van der Waals surface area contributed by atoms with E-state index in [4.69, 9.17) is 23.8 Å². The van der Waals surface area contributed by atoms with Gasteiger partial charge in [-0.2, -0.15) is 0 Å². The molecule has 5 rings (SSSR count). The molecule has 1 aromatic rings. The summed E-state index contributed by atoms with van der Waals surface area (Å²) in [6, 6.07) is 2.22. The first kappa shape index (κ1) is 37.4. The molecule has 0 aliphatic carbocycles. The van der Waals surface area contributed by atoms with Crippen molar-refractivity contribution in [2.45, 2.75) is 121 Å². The molecule has 50 heavy (non-hydrogen) atoms. The van der Waals surface area contributed by atoms with Crippen LogP contribution in [0.1, 0.15) is 72.6 Å². The number of likely N-dealkylation sites (tertiary alicyclic amines) is 1. The molecule has 4 N–H and O–H groups in total. The lowest BCUT2D eigenvalue weighted by molar-refractivity contribution is -0.161. The zero-order valence-corrected chi connectivity index (χ0v) is 29.2. The summed E-state index contributed by atoms with van der Waals surface area (Å²) in [4.78, 5) is 44.3. The van der Waals surface area contributed by atoms with Crippen molar-refractivity contribution in [1.29, 1.82) is 0 Å². The molecule has 14 heteroatoms. The maximum absolute atomic E-state index is 12.7. The van der Waals surface area contributed by atoms with Gasteiger partial charge in [0.25, 0.3) is 0 Å². The Labute approximate surface area is 292 Å². The minimum absolute atomic E-state index is 0.0551. The summed E-state index contributed by atoms with van der Waals surface area (Å²) in [5, 5.41) is 33.5. The average Bonchev–Trinajstić information content (AvgIpc) is 3.79. The number of nitrogens with zero attached hydrogens (tertiary/aromatic N) is 2. The first-order valence-electron chi connectivity index (χ1n) is 17.6. The number of aliphatic hydroxyl groups is 1. The molecule has 0 aromatic carbocycles. The van der Waals surface area contributed by atoms with E-state index >= 15 is 0 Å². The van der Waals surface area contributed by atoms with Gasteiger partial charge in [0, 0.05) is 37.7 Å². The minimum atomic E-state index is -0.918. The van der Waals surface area contributed by atoms with Crippen molar-refractivity contribution in [2.24, 2.45) is 5.92 Å². The van der Waals surface area contributed by atoms with E-state index in [1.807, 2.05) is 19.9 Å². The number of carbonyl (C=O) groups is 3. The zero-order valence-electron chi connectivity index (χ0n) is 29.2. The molecule has 2 amide bonds. The van der Waals surface area contributed by atoms with E-state index in [2.05, 4.69) is 18.3 Å². The van der Waals surface area contributed by atoms with Crippen molar-refractivity contribution >= 4 is 18.0 Å². The lowest BCUT2D eigenvalue weighted by atomic mass is 9.87. The number of carbonyl (C=O) groups excluding carboxylic acids is 3. The topological polar surface area (TPSA) is 182 Å². The zero-order chi connectivity index (χ0) is 36.0. The summed E-state index contributed by atoms with van der Waals surface area (Å²) in [5.74, 6) is -1.65. The number of aromatic hydroxyl groups is 2. The molecule has 4 fully saturated rings. The number of nitrogens with one attached hydrogen (secondary N) is 1. The van der Waals surface area contributed by atoms with Crippen LogP contribution in [0.4, 0.5) is 4.79 Å². The van der Waals surface area contributed by atoms with Crippen LogP contribution in [-0.2, 0) is 28.5 Å². The third-order valence-corrected chi connectivity index (χ3v) is 9.86. The first-order chi connectivity index (χ1) is 23.8. The van der Waals surface area contributed by atoms with Crippen LogP contribution in [0.3, 0.4) is 0 Å². The molecular formula is C36H51N3O11. The Balaban J connectivity index is 1.07. The molecule has 4 saturated heterocycles. The van der Waals surface area contributed by atoms with Gasteiger partial charge in [0.15, 0.2) is 0 Å². The van der Waals surface area contributed by atoms with Gasteiger partial charge in [-0.05, 0) is 64.9 Å². The summed E-state index contributed by atoms with van der Waals surface area (Å²) >= 11 is 0. The van der Waals surface area contributed by atoms with Crippen LogP contribution in [0.2, 0.25) is 0 Å². The van der Waals surface area contributed by atoms with Crippen LogP contribution < -0.4 is 10.2 Å². The number of allylic oxidation sites excluding steroid dienone is 2. The predicted octanol–water partition coefficient (Wildman–Crippen LogP) is 3.29. The van der Waals surface area contributed by atoms with Crippen LogP contribution in [0, 0.1) is 5.92 Å². The van der Waals surface area contributed by atoms with Gasteiger partial charge >= 0.3 is 12.1 Å². The third-order valence-electron chi connectivity index (χ3n) is 9.86. The fourth-order valence-corrected chi connectivity index (χ4v) is 6.76. The third kappa shape index (κ3) is 9.68. The van der Waals surface area contributed by atoms with Gasteiger partial charge in [-0.1, -0.05) is 30.7 Å². The SMILES string of the molecule is CC(C=CC1OC(CC(=O)On2c(O)ccc2O)CC2(CO2)C1O)=CCC1OC(C)C(NC(=O)C=CC(C)OC(=O)N2CCCCC2)CC1C.